The van der Waals surface area contributed by atoms with Crippen LogP contribution < -0.4 is 15.5 Å². The lowest BCUT2D eigenvalue weighted by atomic mass is 9.92. The molecule has 2 aliphatic carbocycles. The summed E-state index contributed by atoms with van der Waals surface area (Å²) in [6.45, 7) is 7.05. The highest BCUT2D eigenvalue weighted by Gasteiger charge is 2.46. The topological polar surface area (TPSA) is 64.7 Å². The minimum Gasteiger partial charge on any atom is -0.371 e. The standard InChI is InChI=1S/C29H43ClN4O2/c1-2-31-28(35)20-10-13-33(14-11-20)27-17-23(30)8-9-25(27)21-12-15-34(19-21)29(36)26-16-22(26)18-32-24-6-4-3-5-7-24/h8-9,17,20-22,24,26,32H,2-7,10-16,18-19H2,1H3,(H,31,35). The van der Waals surface area contributed by atoms with Crippen molar-refractivity contribution in [3.8, 4) is 0 Å². The lowest BCUT2D eigenvalue weighted by molar-refractivity contribution is -0.131. The molecule has 0 radical (unpaired) electrons. The Morgan fingerprint density at radius 1 is 1.03 bits per heavy atom. The first-order valence-corrected chi connectivity index (χ1v) is 14.8. The van der Waals surface area contributed by atoms with E-state index in [9.17, 15) is 9.59 Å². The third-order valence-electron chi connectivity index (χ3n) is 9.00. The zero-order valence-electron chi connectivity index (χ0n) is 21.8. The molecule has 198 valence electrons. The van der Waals surface area contributed by atoms with Gasteiger partial charge < -0.3 is 20.4 Å². The Hall–Kier alpha value is -1.79. The molecule has 6 nitrogen and oxygen atoms in total. The number of hydrogen-bond donors (Lipinski definition) is 2. The molecule has 4 fully saturated rings. The fourth-order valence-electron chi connectivity index (χ4n) is 6.69. The van der Waals surface area contributed by atoms with Gasteiger partial charge in [0.25, 0.3) is 0 Å². The van der Waals surface area contributed by atoms with Crippen molar-refractivity contribution in [1.82, 2.24) is 15.5 Å². The minimum atomic E-state index is 0.0996. The van der Waals surface area contributed by atoms with E-state index in [4.69, 9.17) is 11.6 Å². The molecule has 1 aromatic carbocycles. The average Bonchev–Trinajstić information content (AvgIpc) is 3.52. The lowest BCUT2D eigenvalue weighted by Crippen LogP contribution is -2.41. The highest BCUT2D eigenvalue weighted by atomic mass is 35.5. The van der Waals surface area contributed by atoms with E-state index in [1.165, 1.54) is 43.4 Å². The van der Waals surface area contributed by atoms with Crippen molar-refractivity contribution in [2.45, 2.75) is 76.7 Å². The number of carbonyl (C=O) groups is 2. The second-order valence-corrected chi connectivity index (χ2v) is 11.9. The van der Waals surface area contributed by atoms with Gasteiger partial charge in [0.2, 0.25) is 11.8 Å². The van der Waals surface area contributed by atoms with Crippen LogP contribution in [0.1, 0.15) is 76.2 Å². The molecule has 4 aliphatic rings. The molecule has 3 unspecified atom stereocenters. The number of nitrogens with zero attached hydrogens (tertiary/aromatic N) is 2. The van der Waals surface area contributed by atoms with Crippen molar-refractivity contribution < 1.29 is 9.59 Å². The van der Waals surface area contributed by atoms with E-state index < -0.39 is 0 Å². The number of hydrogen-bond acceptors (Lipinski definition) is 4. The van der Waals surface area contributed by atoms with E-state index in [2.05, 4.69) is 32.6 Å². The molecular weight excluding hydrogens is 472 g/mol. The molecule has 2 saturated heterocycles. The minimum absolute atomic E-state index is 0.0996. The first-order valence-electron chi connectivity index (χ1n) is 14.4. The van der Waals surface area contributed by atoms with Crippen LogP contribution in [0.4, 0.5) is 5.69 Å². The van der Waals surface area contributed by atoms with Gasteiger partial charge in [0.1, 0.15) is 0 Å². The molecule has 2 N–H and O–H groups in total. The number of piperidine rings is 1. The molecule has 7 heteroatoms. The Morgan fingerprint density at radius 3 is 2.56 bits per heavy atom. The van der Waals surface area contributed by atoms with Crippen molar-refractivity contribution in [2.75, 3.05) is 44.2 Å². The van der Waals surface area contributed by atoms with Crippen molar-refractivity contribution >= 4 is 29.1 Å². The maximum atomic E-state index is 13.3. The van der Waals surface area contributed by atoms with Crippen LogP contribution in [-0.4, -0.2) is 62.0 Å². The van der Waals surface area contributed by atoms with Gasteiger partial charge >= 0.3 is 0 Å². The van der Waals surface area contributed by atoms with Gasteiger partial charge in [-0.3, -0.25) is 9.59 Å². The molecule has 0 bridgehead atoms. The Kier molecular flexibility index (Phi) is 8.42. The van der Waals surface area contributed by atoms with E-state index in [-0.39, 0.29) is 17.7 Å². The molecule has 2 aliphatic heterocycles. The van der Waals surface area contributed by atoms with Crippen molar-refractivity contribution in [2.24, 2.45) is 17.8 Å². The number of anilines is 1. The molecule has 3 atom stereocenters. The number of halogens is 1. The van der Waals surface area contributed by atoms with Crippen molar-refractivity contribution in [3.05, 3.63) is 28.8 Å². The first-order chi connectivity index (χ1) is 17.5. The van der Waals surface area contributed by atoms with E-state index in [1.807, 2.05) is 13.0 Å². The monoisotopic (exact) mass is 514 g/mol. The van der Waals surface area contributed by atoms with Gasteiger partial charge in [0, 0.05) is 67.2 Å². The largest absolute Gasteiger partial charge is 0.371 e. The van der Waals surface area contributed by atoms with E-state index in [1.54, 1.807) is 0 Å². The summed E-state index contributed by atoms with van der Waals surface area (Å²) in [5, 5.41) is 7.47. The van der Waals surface area contributed by atoms with Crippen molar-refractivity contribution in [3.63, 3.8) is 0 Å². The molecule has 5 rings (SSSR count). The van der Waals surface area contributed by atoms with Gasteiger partial charge in [-0.2, -0.15) is 0 Å². The number of likely N-dealkylation sites (tertiary alicyclic amines) is 1. The van der Waals surface area contributed by atoms with Gasteiger partial charge in [0.15, 0.2) is 0 Å². The number of amides is 2. The predicted molar refractivity (Wildman–Crippen MR) is 145 cm³/mol. The Balaban J connectivity index is 1.15. The SMILES string of the molecule is CCNC(=O)C1CCN(c2cc(Cl)ccc2C2CCN(C(=O)C3CC3CNC3CCCCC3)C2)CC1. The molecule has 2 saturated carbocycles. The normalized spacial score (nSPS) is 27.3. The summed E-state index contributed by atoms with van der Waals surface area (Å²) in [4.78, 5) is 30.1. The predicted octanol–water partition coefficient (Wildman–Crippen LogP) is 4.57. The quantitative estimate of drug-likeness (QED) is 0.533. The Labute approximate surface area is 221 Å². The highest BCUT2D eigenvalue weighted by Crippen LogP contribution is 2.43. The fraction of sp³-hybridized carbons (Fsp3) is 0.724. The summed E-state index contributed by atoms with van der Waals surface area (Å²) < 4.78 is 0. The van der Waals surface area contributed by atoms with Gasteiger partial charge in [-0.05, 0) is 75.6 Å². The second kappa shape index (κ2) is 11.7. The third-order valence-corrected chi connectivity index (χ3v) is 9.24. The van der Waals surface area contributed by atoms with Crippen LogP contribution in [0.2, 0.25) is 5.02 Å². The zero-order valence-corrected chi connectivity index (χ0v) is 22.6. The average molecular weight is 515 g/mol. The maximum Gasteiger partial charge on any atom is 0.226 e. The molecule has 36 heavy (non-hydrogen) atoms. The van der Waals surface area contributed by atoms with E-state index in [0.717, 1.165) is 63.4 Å². The van der Waals surface area contributed by atoms with Crippen LogP contribution in [0, 0.1) is 17.8 Å². The molecule has 0 aromatic heterocycles. The molecule has 0 spiro atoms. The van der Waals surface area contributed by atoms with Gasteiger partial charge in [-0.1, -0.05) is 36.9 Å². The summed E-state index contributed by atoms with van der Waals surface area (Å²) in [5.41, 5.74) is 2.50. The van der Waals surface area contributed by atoms with E-state index >= 15 is 0 Å². The number of benzene rings is 1. The lowest BCUT2D eigenvalue weighted by Gasteiger charge is -2.35. The Bertz CT molecular complexity index is 926. The second-order valence-electron chi connectivity index (χ2n) is 11.5. The van der Waals surface area contributed by atoms with Gasteiger partial charge in [0.05, 0.1) is 0 Å². The van der Waals surface area contributed by atoms with Crippen LogP contribution in [0.15, 0.2) is 18.2 Å². The van der Waals surface area contributed by atoms with Crippen LogP contribution in [0.25, 0.3) is 0 Å². The van der Waals surface area contributed by atoms with Crippen molar-refractivity contribution in [1.29, 1.82) is 0 Å². The summed E-state index contributed by atoms with van der Waals surface area (Å²) in [6.07, 6.45) is 10.5. The number of carbonyl (C=O) groups excluding carboxylic acids is 2. The maximum absolute atomic E-state index is 13.3. The molecule has 2 heterocycles. The molecule has 2 amide bonds. The smallest absolute Gasteiger partial charge is 0.226 e. The van der Waals surface area contributed by atoms with Gasteiger partial charge in [-0.15, -0.1) is 0 Å². The number of nitrogens with one attached hydrogen (secondary N) is 2. The fourth-order valence-corrected chi connectivity index (χ4v) is 6.85. The first kappa shape index (κ1) is 25.8. The molecule has 1 aromatic rings. The summed E-state index contributed by atoms with van der Waals surface area (Å²) in [5.74, 6) is 1.74. The van der Waals surface area contributed by atoms with E-state index in [0.29, 0.717) is 30.3 Å². The summed E-state index contributed by atoms with van der Waals surface area (Å²) >= 11 is 6.43. The van der Waals surface area contributed by atoms with Crippen LogP contribution in [0.5, 0.6) is 0 Å². The number of rotatable bonds is 8. The summed E-state index contributed by atoms with van der Waals surface area (Å²) in [6, 6.07) is 6.91. The van der Waals surface area contributed by atoms with Crippen LogP contribution >= 0.6 is 11.6 Å². The molecular formula is C29H43ClN4O2. The highest BCUT2D eigenvalue weighted by molar-refractivity contribution is 6.30. The zero-order chi connectivity index (χ0) is 25.1. The summed E-state index contributed by atoms with van der Waals surface area (Å²) in [7, 11) is 0. The Morgan fingerprint density at radius 2 is 1.81 bits per heavy atom. The van der Waals surface area contributed by atoms with Gasteiger partial charge in [-0.25, -0.2) is 0 Å². The van der Waals surface area contributed by atoms with Crippen LogP contribution in [-0.2, 0) is 9.59 Å². The third kappa shape index (κ3) is 6.02. The van der Waals surface area contributed by atoms with Crippen LogP contribution in [0.3, 0.4) is 0 Å².